The van der Waals surface area contributed by atoms with Crippen LogP contribution in [0.3, 0.4) is 0 Å². The van der Waals surface area contributed by atoms with Gasteiger partial charge >= 0.3 is 0 Å². The highest BCUT2D eigenvalue weighted by Gasteiger charge is 2.20. The predicted octanol–water partition coefficient (Wildman–Crippen LogP) is 5.01. The number of rotatable bonds is 1. The summed E-state index contributed by atoms with van der Waals surface area (Å²) in [4.78, 5) is 0. The van der Waals surface area contributed by atoms with Crippen LogP contribution in [0.15, 0.2) is 18.2 Å². The third kappa shape index (κ3) is 3.37. The van der Waals surface area contributed by atoms with Crippen molar-refractivity contribution in [2.24, 2.45) is 0 Å². The molecule has 16 heavy (non-hydrogen) atoms. The van der Waals surface area contributed by atoms with Crippen molar-refractivity contribution in [3.05, 3.63) is 29.3 Å². The lowest BCUT2D eigenvalue weighted by Crippen LogP contribution is -2.16. The first-order valence-electron chi connectivity index (χ1n) is 5.59. The molecule has 90 valence electrons. The van der Waals surface area contributed by atoms with E-state index in [1.165, 1.54) is 11.1 Å². The summed E-state index contributed by atoms with van der Waals surface area (Å²) in [7, 11) is 0. The highest BCUT2D eigenvalue weighted by atomic mass is 127. The van der Waals surface area contributed by atoms with Crippen LogP contribution in [0.1, 0.15) is 52.7 Å². The molecule has 0 unspecified atom stereocenters. The van der Waals surface area contributed by atoms with E-state index in [-0.39, 0.29) is 10.8 Å². The first kappa shape index (κ1) is 13.8. The van der Waals surface area contributed by atoms with Crippen LogP contribution >= 0.6 is 23.0 Å². The maximum Gasteiger partial charge on any atom is 0.192 e. The molecule has 0 bridgehead atoms. The van der Waals surface area contributed by atoms with Crippen LogP contribution in [0.25, 0.3) is 0 Å². The van der Waals surface area contributed by atoms with E-state index in [4.69, 9.17) is 3.07 Å². The molecule has 0 heterocycles. The Morgan fingerprint density at radius 2 is 1.19 bits per heavy atom. The van der Waals surface area contributed by atoms with Crippen molar-refractivity contribution in [1.29, 1.82) is 0 Å². The molecule has 0 radical (unpaired) electrons. The third-order valence-corrected chi connectivity index (χ3v) is 3.24. The van der Waals surface area contributed by atoms with Gasteiger partial charge in [0.05, 0.1) is 0 Å². The summed E-state index contributed by atoms with van der Waals surface area (Å²) < 4.78 is 5.36. The molecule has 0 N–H and O–H groups in total. The van der Waals surface area contributed by atoms with Gasteiger partial charge in [0.15, 0.2) is 23.0 Å². The molecule has 0 amide bonds. The largest absolute Gasteiger partial charge is 0.428 e. The van der Waals surface area contributed by atoms with E-state index in [9.17, 15) is 0 Å². The highest BCUT2D eigenvalue weighted by Crippen LogP contribution is 2.33. The van der Waals surface area contributed by atoms with Crippen LogP contribution in [0.2, 0.25) is 0 Å². The fourth-order valence-corrected chi connectivity index (χ4v) is 1.76. The van der Waals surface area contributed by atoms with Crippen molar-refractivity contribution >= 4 is 23.0 Å². The Labute approximate surface area is 113 Å². The van der Waals surface area contributed by atoms with E-state index in [0.29, 0.717) is 0 Å². The monoisotopic (exact) mass is 332 g/mol. The van der Waals surface area contributed by atoms with Crippen LogP contribution in [0.4, 0.5) is 0 Å². The molecule has 0 saturated carbocycles. The number of hydrogen-bond donors (Lipinski definition) is 0. The van der Waals surface area contributed by atoms with Gasteiger partial charge in [-0.15, -0.1) is 0 Å². The molecule has 0 spiro atoms. The standard InChI is InChI=1S/C14H21IO/c1-13(2,3)10-7-11(14(4,5)6)9-12(8-10)16-15/h7-9H,1-6H3. The van der Waals surface area contributed by atoms with Crippen molar-refractivity contribution in [3.8, 4) is 5.75 Å². The first-order chi connectivity index (χ1) is 7.14. The zero-order valence-electron chi connectivity index (χ0n) is 11.0. The zero-order valence-corrected chi connectivity index (χ0v) is 13.2. The summed E-state index contributed by atoms with van der Waals surface area (Å²) in [5, 5.41) is 0. The summed E-state index contributed by atoms with van der Waals surface area (Å²) >= 11 is 1.94. The Morgan fingerprint density at radius 3 is 1.44 bits per heavy atom. The van der Waals surface area contributed by atoms with Gasteiger partial charge in [-0.05, 0) is 34.1 Å². The SMILES string of the molecule is CC(C)(C)c1cc(OI)cc(C(C)(C)C)c1. The minimum atomic E-state index is 0.158. The van der Waals surface area contributed by atoms with Gasteiger partial charge in [0.25, 0.3) is 0 Å². The molecule has 0 aliphatic carbocycles. The van der Waals surface area contributed by atoms with Gasteiger partial charge in [-0.2, -0.15) is 0 Å². The van der Waals surface area contributed by atoms with Gasteiger partial charge in [0.2, 0.25) is 0 Å². The molecule has 0 fully saturated rings. The van der Waals surface area contributed by atoms with E-state index < -0.39 is 0 Å². The van der Waals surface area contributed by atoms with Gasteiger partial charge < -0.3 is 3.07 Å². The van der Waals surface area contributed by atoms with E-state index in [2.05, 4.69) is 59.7 Å². The molecular weight excluding hydrogens is 311 g/mol. The molecule has 1 nitrogen and oxygen atoms in total. The molecule has 0 aliphatic heterocycles. The maximum absolute atomic E-state index is 5.36. The Balaban J connectivity index is 3.33. The Hall–Kier alpha value is -0.250. The summed E-state index contributed by atoms with van der Waals surface area (Å²) in [6.45, 7) is 13.4. The van der Waals surface area contributed by atoms with Gasteiger partial charge in [0, 0.05) is 0 Å². The molecule has 0 aromatic heterocycles. The van der Waals surface area contributed by atoms with E-state index >= 15 is 0 Å². The van der Waals surface area contributed by atoms with E-state index in [1.807, 2.05) is 23.0 Å². The lowest BCUT2D eigenvalue weighted by Gasteiger charge is -2.25. The average Bonchev–Trinajstić information content (AvgIpc) is 2.14. The second-order valence-corrected chi connectivity index (χ2v) is 6.76. The first-order valence-corrected chi connectivity index (χ1v) is 6.47. The minimum Gasteiger partial charge on any atom is -0.428 e. The van der Waals surface area contributed by atoms with Gasteiger partial charge in [-0.25, -0.2) is 0 Å². The molecule has 2 heteroatoms. The summed E-state index contributed by atoms with van der Waals surface area (Å²) in [5.41, 5.74) is 2.97. The van der Waals surface area contributed by atoms with Gasteiger partial charge in [-0.3, -0.25) is 0 Å². The van der Waals surface area contributed by atoms with Crippen LogP contribution in [-0.2, 0) is 10.8 Å². The molecule has 0 aliphatic rings. The maximum atomic E-state index is 5.36. The van der Waals surface area contributed by atoms with Crippen molar-refractivity contribution in [1.82, 2.24) is 0 Å². The number of hydrogen-bond acceptors (Lipinski definition) is 1. The lowest BCUT2D eigenvalue weighted by molar-refractivity contribution is 0.561. The van der Waals surface area contributed by atoms with Crippen LogP contribution in [0, 0.1) is 0 Å². The predicted molar refractivity (Wildman–Crippen MR) is 78.5 cm³/mol. The fourth-order valence-electron chi connectivity index (χ4n) is 1.51. The molecule has 0 saturated heterocycles. The van der Waals surface area contributed by atoms with E-state index in [1.54, 1.807) is 0 Å². The normalized spacial score (nSPS) is 12.7. The zero-order chi connectivity index (χ0) is 12.6. The Bertz CT molecular complexity index is 337. The molecule has 1 rings (SSSR count). The molecule has 0 atom stereocenters. The lowest BCUT2D eigenvalue weighted by atomic mass is 9.80. The van der Waals surface area contributed by atoms with Crippen molar-refractivity contribution in [2.75, 3.05) is 0 Å². The van der Waals surface area contributed by atoms with Crippen LogP contribution in [0.5, 0.6) is 5.75 Å². The molecule has 1 aromatic rings. The summed E-state index contributed by atoms with van der Waals surface area (Å²) in [5.74, 6) is 0.943. The fraction of sp³-hybridized carbons (Fsp3) is 0.571. The second-order valence-electron chi connectivity index (χ2n) is 6.32. The number of benzene rings is 1. The smallest absolute Gasteiger partial charge is 0.192 e. The van der Waals surface area contributed by atoms with Crippen molar-refractivity contribution in [2.45, 2.75) is 52.4 Å². The van der Waals surface area contributed by atoms with Crippen LogP contribution < -0.4 is 3.07 Å². The third-order valence-electron chi connectivity index (χ3n) is 2.73. The number of halogens is 1. The van der Waals surface area contributed by atoms with Crippen LogP contribution in [-0.4, -0.2) is 0 Å². The Kier molecular flexibility index (Phi) is 3.93. The van der Waals surface area contributed by atoms with E-state index in [0.717, 1.165) is 5.75 Å². The quantitative estimate of drug-likeness (QED) is 0.657. The summed E-state index contributed by atoms with van der Waals surface area (Å²) in [6.07, 6.45) is 0. The highest BCUT2D eigenvalue weighted by molar-refractivity contribution is 14.1. The van der Waals surface area contributed by atoms with Gasteiger partial charge in [0.1, 0.15) is 5.75 Å². The van der Waals surface area contributed by atoms with Crippen molar-refractivity contribution in [3.63, 3.8) is 0 Å². The Morgan fingerprint density at radius 1 is 0.812 bits per heavy atom. The minimum absolute atomic E-state index is 0.158. The topological polar surface area (TPSA) is 9.23 Å². The summed E-state index contributed by atoms with van der Waals surface area (Å²) in [6, 6.07) is 6.54. The average molecular weight is 332 g/mol. The second kappa shape index (κ2) is 4.55. The van der Waals surface area contributed by atoms with Gasteiger partial charge in [-0.1, -0.05) is 47.6 Å². The molecular formula is C14H21IO. The molecule has 1 aromatic carbocycles. The van der Waals surface area contributed by atoms with Crippen molar-refractivity contribution < 1.29 is 3.07 Å².